The predicted octanol–water partition coefficient (Wildman–Crippen LogP) is 6.29. The molecule has 0 spiro atoms. The lowest BCUT2D eigenvalue weighted by Gasteiger charge is -2.24. The third-order valence-electron chi connectivity index (χ3n) is 5.43. The van der Waals surface area contributed by atoms with Gasteiger partial charge in [-0.25, -0.2) is 0 Å². The Bertz CT molecular complexity index is 602. The van der Waals surface area contributed by atoms with Gasteiger partial charge in [-0.1, -0.05) is 37.6 Å². The highest BCUT2D eigenvalue weighted by Crippen LogP contribution is 2.29. The molecule has 0 fully saturated rings. The summed E-state index contributed by atoms with van der Waals surface area (Å²) in [7, 11) is 0. The van der Waals surface area contributed by atoms with Crippen LogP contribution in [-0.4, -0.2) is 32.8 Å². The van der Waals surface area contributed by atoms with Crippen molar-refractivity contribution in [2.75, 3.05) is 42.6 Å². The van der Waals surface area contributed by atoms with Gasteiger partial charge in [0.05, 0.1) is 0 Å². The van der Waals surface area contributed by atoms with Crippen LogP contribution in [0.2, 0.25) is 0 Å². The van der Waals surface area contributed by atoms with Crippen molar-refractivity contribution in [3.63, 3.8) is 0 Å². The van der Waals surface area contributed by atoms with Crippen LogP contribution in [0.5, 0.6) is 0 Å². The molecular formula is C25H38N2O. The van der Waals surface area contributed by atoms with E-state index in [4.69, 9.17) is 4.74 Å². The molecule has 3 heteroatoms. The highest BCUT2D eigenvalue weighted by molar-refractivity contribution is 5.51. The minimum atomic E-state index is -0.0111. The molecule has 0 saturated carbocycles. The molecule has 28 heavy (non-hydrogen) atoms. The maximum atomic E-state index is 6.33. The average molecular weight is 383 g/mol. The van der Waals surface area contributed by atoms with Crippen molar-refractivity contribution in [1.29, 1.82) is 0 Å². The van der Waals surface area contributed by atoms with Gasteiger partial charge in [-0.3, -0.25) is 0 Å². The van der Waals surface area contributed by atoms with Crippen molar-refractivity contribution in [3.8, 4) is 0 Å². The van der Waals surface area contributed by atoms with E-state index < -0.39 is 0 Å². The average Bonchev–Trinajstić information content (AvgIpc) is 2.74. The lowest BCUT2D eigenvalue weighted by atomic mass is 10.00. The highest BCUT2D eigenvalue weighted by Gasteiger charge is 2.16. The van der Waals surface area contributed by atoms with E-state index in [1.54, 1.807) is 0 Å². The third-order valence-corrected chi connectivity index (χ3v) is 5.43. The molecule has 0 amide bonds. The second-order valence-corrected chi connectivity index (χ2v) is 7.13. The van der Waals surface area contributed by atoms with Crippen LogP contribution in [0.15, 0.2) is 48.5 Å². The second-order valence-electron chi connectivity index (χ2n) is 7.13. The Hall–Kier alpha value is -2.00. The molecule has 0 heterocycles. The largest absolute Gasteiger partial charge is 0.372 e. The Morgan fingerprint density at radius 2 is 1.04 bits per heavy atom. The summed E-state index contributed by atoms with van der Waals surface area (Å²) in [5, 5.41) is 0. The number of rotatable bonds is 12. The van der Waals surface area contributed by atoms with Crippen molar-refractivity contribution in [1.82, 2.24) is 0 Å². The van der Waals surface area contributed by atoms with Gasteiger partial charge in [-0.05, 0) is 69.5 Å². The Morgan fingerprint density at radius 1 is 0.643 bits per heavy atom. The van der Waals surface area contributed by atoms with E-state index in [9.17, 15) is 0 Å². The van der Waals surface area contributed by atoms with Gasteiger partial charge >= 0.3 is 0 Å². The molecule has 0 radical (unpaired) electrons. The molecule has 2 aromatic rings. The van der Waals surface area contributed by atoms with Crippen LogP contribution >= 0.6 is 0 Å². The van der Waals surface area contributed by atoms with E-state index in [2.05, 4.69) is 92.9 Å². The van der Waals surface area contributed by atoms with E-state index in [1.165, 1.54) is 22.5 Å². The van der Waals surface area contributed by atoms with Crippen LogP contribution in [0.25, 0.3) is 0 Å². The second kappa shape index (κ2) is 11.8. The van der Waals surface area contributed by atoms with Crippen molar-refractivity contribution in [3.05, 3.63) is 59.7 Å². The third kappa shape index (κ3) is 5.75. The fourth-order valence-electron chi connectivity index (χ4n) is 3.63. The quantitative estimate of drug-likeness (QED) is 0.401. The van der Waals surface area contributed by atoms with E-state index in [1.807, 2.05) is 0 Å². The van der Waals surface area contributed by atoms with Crippen molar-refractivity contribution < 1.29 is 4.74 Å². The summed E-state index contributed by atoms with van der Waals surface area (Å²) >= 11 is 0. The van der Waals surface area contributed by atoms with Crippen LogP contribution in [0, 0.1) is 0 Å². The first-order valence-electron chi connectivity index (χ1n) is 11.0. The van der Waals surface area contributed by atoms with Crippen molar-refractivity contribution >= 4 is 11.4 Å². The van der Waals surface area contributed by atoms with E-state index in [0.717, 1.165) is 45.6 Å². The van der Waals surface area contributed by atoms with Crippen LogP contribution in [-0.2, 0) is 4.74 Å². The first kappa shape index (κ1) is 22.3. The molecule has 2 aromatic carbocycles. The number of anilines is 2. The maximum absolute atomic E-state index is 6.33. The molecule has 154 valence electrons. The lowest BCUT2D eigenvalue weighted by molar-refractivity contribution is 0.0779. The van der Waals surface area contributed by atoms with Crippen LogP contribution in [0.4, 0.5) is 11.4 Å². The molecule has 2 rings (SSSR count). The molecule has 0 aliphatic rings. The minimum absolute atomic E-state index is 0.0111. The van der Waals surface area contributed by atoms with Gasteiger partial charge in [0.1, 0.15) is 6.10 Å². The molecule has 0 unspecified atom stereocenters. The fraction of sp³-hybridized carbons (Fsp3) is 0.520. The van der Waals surface area contributed by atoms with Gasteiger partial charge in [0.15, 0.2) is 0 Å². The van der Waals surface area contributed by atoms with Crippen LogP contribution < -0.4 is 9.80 Å². The smallest absolute Gasteiger partial charge is 0.108 e. The number of unbranched alkanes of at least 4 members (excludes halogenated alkanes) is 1. The Kier molecular flexibility index (Phi) is 9.36. The monoisotopic (exact) mass is 382 g/mol. The summed E-state index contributed by atoms with van der Waals surface area (Å²) in [5.74, 6) is 0. The normalized spacial score (nSPS) is 11.1. The number of benzene rings is 2. The van der Waals surface area contributed by atoms with Gasteiger partial charge in [0, 0.05) is 44.2 Å². The summed E-state index contributed by atoms with van der Waals surface area (Å²) in [4.78, 5) is 4.74. The molecule has 0 atom stereocenters. The number of hydrogen-bond acceptors (Lipinski definition) is 3. The van der Waals surface area contributed by atoms with Gasteiger partial charge < -0.3 is 14.5 Å². The Labute approximate surface area is 172 Å². The topological polar surface area (TPSA) is 15.7 Å². The zero-order valence-corrected chi connectivity index (χ0v) is 18.4. The van der Waals surface area contributed by atoms with Crippen LogP contribution in [0.1, 0.15) is 64.7 Å². The molecule has 0 saturated heterocycles. The standard InChI is InChI=1S/C25H38N2O/c1-6-11-20-28-25(21-12-16-23(17-13-21)26(7-2)8-3)22-14-18-24(19-15-22)27(9-4)10-5/h12-19,25H,6-11,20H2,1-5H3. The molecule has 0 aromatic heterocycles. The number of ether oxygens (including phenoxy) is 1. The Morgan fingerprint density at radius 3 is 1.36 bits per heavy atom. The highest BCUT2D eigenvalue weighted by atomic mass is 16.5. The van der Waals surface area contributed by atoms with Crippen molar-refractivity contribution in [2.24, 2.45) is 0 Å². The van der Waals surface area contributed by atoms with Gasteiger partial charge in [-0.2, -0.15) is 0 Å². The van der Waals surface area contributed by atoms with Crippen molar-refractivity contribution in [2.45, 2.75) is 53.6 Å². The van der Waals surface area contributed by atoms with Gasteiger partial charge in [0.2, 0.25) is 0 Å². The first-order chi connectivity index (χ1) is 13.7. The summed E-state index contributed by atoms with van der Waals surface area (Å²) in [6, 6.07) is 17.8. The molecule has 0 aliphatic carbocycles. The summed E-state index contributed by atoms with van der Waals surface area (Å²) in [6.07, 6.45) is 2.23. The fourth-order valence-corrected chi connectivity index (χ4v) is 3.63. The van der Waals surface area contributed by atoms with Crippen LogP contribution in [0.3, 0.4) is 0 Å². The molecule has 0 aliphatic heterocycles. The SMILES string of the molecule is CCCCOC(c1ccc(N(CC)CC)cc1)c1ccc(N(CC)CC)cc1. The van der Waals surface area contributed by atoms with E-state index in [0.29, 0.717) is 0 Å². The maximum Gasteiger partial charge on any atom is 0.108 e. The molecule has 0 bridgehead atoms. The zero-order chi connectivity index (χ0) is 20.4. The van der Waals surface area contributed by atoms with E-state index in [-0.39, 0.29) is 6.10 Å². The zero-order valence-electron chi connectivity index (χ0n) is 18.4. The minimum Gasteiger partial charge on any atom is -0.372 e. The lowest BCUT2D eigenvalue weighted by Crippen LogP contribution is -2.22. The summed E-state index contributed by atoms with van der Waals surface area (Å²) in [6.45, 7) is 15.9. The van der Waals surface area contributed by atoms with Gasteiger partial charge in [0.25, 0.3) is 0 Å². The molecule has 3 nitrogen and oxygen atoms in total. The first-order valence-corrected chi connectivity index (χ1v) is 11.0. The van der Waals surface area contributed by atoms with Gasteiger partial charge in [-0.15, -0.1) is 0 Å². The number of hydrogen-bond donors (Lipinski definition) is 0. The summed E-state index contributed by atoms with van der Waals surface area (Å²) in [5.41, 5.74) is 5.00. The molecular weight excluding hydrogens is 344 g/mol. The molecule has 0 N–H and O–H groups in total. The Balaban J connectivity index is 2.26. The van der Waals surface area contributed by atoms with E-state index >= 15 is 0 Å². The predicted molar refractivity (Wildman–Crippen MR) is 123 cm³/mol. The number of nitrogens with zero attached hydrogens (tertiary/aromatic N) is 2. The summed E-state index contributed by atoms with van der Waals surface area (Å²) < 4.78 is 6.33.